The molecule has 0 aliphatic carbocycles. The summed E-state index contributed by atoms with van der Waals surface area (Å²) in [5.74, 6) is 1.84. The van der Waals surface area contributed by atoms with Crippen molar-refractivity contribution in [1.82, 2.24) is 0 Å². The summed E-state index contributed by atoms with van der Waals surface area (Å²) in [6.07, 6.45) is 1.32. The summed E-state index contributed by atoms with van der Waals surface area (Å²) in [4.78, 5) is 11.2. The molecule has 1 aromatic carbocycles. The molecule has 20 heavy (non-hydrogen) atoms. The number of rotatable bonds is 8. The van der Waals surface area contributed by atoms with Gasteiger partial charge in [0.15, 0.2) is 11.5 Å². The van der Waals surface area contributed by atoms with Crippen molar-refractivity contribution in [2.24, 2.45) is 5.92 Å². The molecule has 1 atom stereocenters. The Morgan fingerprint density at radius 3 is 2.25 bits per heavy atom. The van der Waals surface area contributed by atoms with Crippen LogP contribution in [0.25, 0.3) is 0 Å². The molecule has 0 bridgehead atoms. The standard InChI is InChI=1S/C16H23ClO3/c1-5-19-15-9-13(8-11(3)7-12(4)18)14(17)10-16(15)20-6-2/h9-11H,5-8H2,1-4H3. The van der Waals surface area contributed by atoms with Gasteiger partial charge in [-0.15, -0.1) is 0 Å². The first-order valence-corrected chi connectivity index (χ1v) is 7.43. The number of ketones is 1. The highest BCUT2D eigenvalue weighted by Crippen LogP contribution is 2.35. The minimum atomic E-state index is 0.199. The van der Waals surface area contributed by atoms with Gasteiger partial charge in [-0.1, -0.05) is 18.5 Å². The van der Waals surface area contributed by atoms with Crippen molar-refractivity contribution in [1.29, 1.82) is 0 Å². The summed E-state index contributed by atoms with van der Waals surface area (Å²) >= 11 is 6.30. The fourth-order valence-corrected chi connectivity index (χ4v) is 2.44. The lowest BCUT2D eigenvalue weighted by Crippen LogP contribution is -2.06. The zero-order valence-electron chi connectivity index (χ0n) is 12.7. The number of halogens is 1. The lowest BCUT2D eigenvalue weighted by atomic mass is 9.96. The second kappa shape index (κ2) is 8.15. The molecular formula is C16H23ClO3. The second-order valence-electron chi connectivity index (χ2n) is 4.97. The van der Waals surface area contributed by atoms with Crippen LogP contribution in [-0.4, -0.2) is 19.0 Å². The molecule has 0 spiro atoms. The van der Waals surface area contributed by atoms with Crippen molar-refractivity contribution in [3.63, 3.8) is 0 Å². The lowest BCUT2D eigenvalue weighted by Gasteiger charge is -2.16. The van der Waals surface area contributed by atoms with E-state index < -0.39 is 0 Å². The first kappa shape index (κ1) is 16.8. The maximum absolute atomic E-state index is 11.2. The molecule has 0 radical (unpaired) electrons. The van der Waals surface area contributed by atoms with Crippen LogP contribution < -0.4 is 9.47 Å². The van der Waals surface area contributed by atoms with Crippen LogP contribution in [0.1, 0.15) is 39.7 Å². The molecule has 1 rings (SSSR count). The highest BCUT2D eigenvalue weighted by Gasteiger charge is 2.14. The van der Waals surface area contributed by atoms with Gasteiger partial charge in [-0.05, 0) is 44.7 Å². The van der Waals surface area contributed by atoms with Crippen LogP contribution in [0.4, 0.5) is 0 Å². The van der Waals surface area contributed by atoms with Crippen LogP contribution >= 0.6 is 11.6 Å². The maximum Gasteiger partial charge on any atom is 0.162 e. The molecule has 0 amide bonds. The SMILES string of the molecule is CCOc1cc(Cl)c(CC(C)CC(C)=O)cc1OCC. The molecule has 1 unspecified atom stereocenters. The average Bonchev–Trinajstić information content (AvgIpc) is 2.34. The summed E-state index contributed by atoms with van der Waals surface area (Å²) in [5, 5.41) is 0.660. The molecule has 3 nitrogen and oxygen atoms in total. The molecule has 0 fully saturated rings. The largest absolute Gasteiger partial charge is 0.490 e. The van der Waals surface area contributed by atoms with Gasteiger partial charge in [0.2, 0.25) is 0 Å². The van der Waals surface area contributed by atoms with Crippen LogP contribution in [-0.2, 0) is 11.2 Å². The zero-order chi connectivity index (χ0) is 15.1. The van der Waals surface area contributed by atoms with Crippen LogP contribution in [0.5, 0.6) is 11.5 Å². The molecule has 4 heteroatoms. The number of ether oxygens (including phenoxy) is 2. The summed E-state index contributed by atoms with van der Waals surface area (Å²) < 4.78 is 11.1. The fraction of sp³-hybridized carbons (Fsp3) is 0.562. The molecular weight excluding hydrogens is 276 g/mol. The Hall–Kier alpha value is -1.22. The van der Waals surface area contributed by atoms with Crippen LogP contribution in [0.2, 0.25) is 5.02 Å². The maximum atomic E-state index is 11.2. The third-order valence-corrected chi connectivity index (χ3v) is 3.27. The predicted octanol–water partition coefficient (Wildman–Crippen LogP) is 4.30. The van der Waals surface area contributed by atoms with Crippen molar-refractivity contribution in [3.8, 4) is 11.5 Å². The molecule has 0 N–H and O–H groups in total. The molecule has 0 heterocycles. The molecule has 0 saturated carbocycles. The van der Waals surface area contributed by atoms with Gasteiger partial charge >= 0.3 is 0 Å². The third kappa shape index (κ3) is 5.04. The first-order valence-electron chi connectivity index (χ1n) is 7.05. The lowest BCUT2D eigenvalue weighted by molar-refractivity contribution is -0.117. The van der Waals surface area contributed by atoms with Crippen molar-refractivity contribution in [2.75, 3.05) is 13.2 Å². The Labute approximate surface area is 126 Å². The monoisotopic (exact) mass is 298 g/mol. The van der Waals surface area contributed by atoms with E-state index in [1.165, 1.54) is 0 Å². The quantitative estimate of drug-likeness (QED) is 0.718. The molecule has 0 aliphatic heterocycles. The van der Waals surface area contributed by atoms with E-state index in [2.05, 4.69) is 6.92 Å². The molecule has 0 aromatic heterocycles. The molecule has 1 aromatic rings. The van der Waals surface area contributed by atoms with E-state index >= 15 is 0 Å². The molecule has 112 valence electrons. The van der Waals surface area contributed by atoms with Gasteiger partial charge in [-0.3, -0.25) is 0 Å². The third-order valence-electron chi connectivity index (χ3n) is 2.92. The van der Waals surface area contributed by atoms with E-state index in [0.717, 1.165) is 12.0 Å². The van der Waals surface area contributed by atoms with Crippen molar-refractivity contribution >= 4 is 17.4 Å². The highest BCUT2D eigenvalue weighted by molar-refractivity contribution is 6.31. The molecule has 0 aliphatic rings. The Bertz CT molecular complexity index is 457. The van der Waals surface area contributed by atoms with Gasteiger partial charge in [0.1, 0.15) is 5.78 Å². The molecule has 0 saturated heterocycles. The van der Waals surface area contributed by atoms with E-state index in [9.17, 15) is 4.79 Å². The summed E-state index contributed by atoms with van der Waals surface area (Å²) in [5.41, 5.74) is 0.993. The fourth-order valence-electron chi connectivity index (χ4n) is 2.21. The summed E-state index contributed by atoms with van der Waals surface area (Å²) in [6.45, 7) is 8.66. The number of hydrogen-bond donors (Lipinski definition) is 0. The van der Waals surface area contributed by atoms with Gasteiger partial charge in [-0.2, -0.15) is 0 Å². The van der Waals surface area contributed by atoms with Gasteiger partial charge in [0.25, 0.3) is 0 Å². The van der Waals surface area contributed by atoms with Gasteiger partial charge in [0.05, 0.1) is 13.2 Å². The van der Waals surface area contributed by atoms with E-state index in [0.29, 0.717) is 36.2 Å². The van der Waals surface area contributed by atoms with E-state index in [-0.39, 0.29) is 11.7 Å². The summed E-state index contributed by atoms with van der Waals surface area (Å²) in [7, 11) is 0. The number of carbonyl (C=O) groups is 1. The Kier molecular flexibility index (Phi) is 6.86. The van der Waals surface area contributed by atoms with Crippen LogP contribution in [0, 0.1) is 5.92 Å². The minimum absolute atomic E-state index is 0.199. The van der Waals surface area contributed by atoms with Crippen molar-refractivity contribution in [3.05, 3.63) is 22.7 Å². The van der Waals surface area contributed by atoms with Gasteiger partial charge < -0.3 is 14.3 Å². The average molecular weight is 299 g/mol. The topological polar surface area (TPSA) is 35.5 Å². The Balaban J connectivity index is 2.95. The second-order valence-corrected chi connectivity index (χ2v) is 5.38. The Morgan fingerprint density at radius 2 is 1.75 bits per heavy atom. The summed E-state index contributed by atoms with van der Waals surface area (Å²) in [6, 6.07) is 3.72. The van der Waals surface area contributed by atoms with Crippen LogP contribution in [0.15, 0.2) is 12.1 Å². The Morgan fingerprint density at radius 1 is 1.20 bits per heavy atom. The van der Waals surface area contributed by atoms with Crippen molar-refractivity contribution in [2.45, 2.75) is 40.5 Å². The number of hydrogen-bond acceptors (Lipinski definition) is 3. The van der Waals surface area contributed by atoms with Crippen LogP contribution in [0.3, 0.4) is 0 Å². The predicted molar refractivity (Wildman–Crippen MR) is 82.0 cm³/mol. The zero-order valence-corrected chi connectivity index (χ0v) is 13.4. The van der Waals surface area contributed by atoms with Gasteiger partial charge in [-0.25, -0.2) is 0 Å². The minimum Gasteiger partial charge on any atom is -0.490 e. The number of carbonyl (C=O) groups excluding carboxylic acids is 1. The highest BCUT2D eigenvalue weighted by atomic mass is 35.5. The van der Waals surface area contributed by atoms with Crippen molar-refractivity contribution < 1.29 is 14.3 Å². The number of benzene rings is 1. The smallest absolute Gasteiger partial charge is 0.162 e. The van der Waals surface area contributed by atoms with E-state index in [1.54, 1.807) is 13.0 Å². The van der Waals surface area contributed by atoms with Gasteiger partial charge in [0, 0.05) is 17.5 Å². The number of Topliss-reactive ketones (excluding diaryl/α,β-unsaturated/α-hetero) is 1. The normalized spacial score (nSPS) is 12.1. The van der Waals surface area contributed by atoms with E-state index in [4.69, 9.17) is 21.1 Å². The first-order chi connectivity index (χ1) is 9.47. The van der Waals surface area contributed by atoms with E-state index in [1.807, 2.05) is 19.9 Å².